The van der Waals surface area contributed by atoms with Crippen molar-refractivity contribution in [2.24, 2.45) is 0 Å². The van der Waals surface area contributed by atoms with E-state index in [1.807, 2.05) is 73.7 Å². The molecule has 0 spiro atoms. The van der Waals surface area contributed by atoms with Gasteiger partial charge < -0.3 is 10.1 Å². The number of benzene rings is 4. The number of ether oxygens (including phenoxy) is 1. The second-order valence-corrected chi connectivity index (χ2v) is 9.56. The van der Waals surface area contributed by atoms with Crippen LogP contribution in [0.2, 0.25) is 0 Å². The molecule has 1 amide bonds. The third kappa shape index (κ3) is 6.40. The molecule has 0 bridgehead atoms. The van der Waals surface area contributed by atoms with Crippen LogP contribution in [0.5, 0.6) is 5.75 Å². The summed E-state index contributed by atoms with van der Waals surface area (Å²) in [4.78, 5) is 13.3. The highest BCUT2D eigenvalue weighted by Crippen LogP contribution is 2.23. The molecule has 0 fully saturated rings. The molecule has 0 aliphatic carbocycles. The minimum atomic E-state index is -3.80. The largest absolute Gasteiger partial charge is 0.494 e. The highest BCUT2D eigenvalue weighted by atomic mass is 32.2. The third-order valence-electron chi connectivity index (χ3n) is 5.28. The molecule has 0 saturated heterocycles. The molecule has 2 N–H and O–H groups in total. The van der Waals surface area contributed by atoms with Crippen molar-refractivity contribution in [1.29, 1.82) is 0 Å². The lowest BCUT2D eigenvalue weighted by atomic mass is 10.0. The van der Waals surface area contributed by atoms with Crippen LogP contribution in [0.4, 0.5) is 11.4 Å². The van der Waals surface area contributed by atoms with E-state index in [9.17, 15) is 13.2 Å². The van der Waals surface area contributed by atoms with E-state index in [0.29, 0.717) is 29.3 Å². The van der Waals surface area contributed by atoms with Gasteiger partial charge in [-0.15, -0.1) is 0 Å². The monoisotopic (exact) mass is 498 g/mol. The Hall–Kier alpha value is -4.36. The van der Waals surface area contributed by atoms with Crippen LogP contribution in [-0.4, -0.2) is 20.9 Å². The SMILES string of the molecule is CCOc1ccc(NS(=O)(=O)c2ccc(NC(=O)/C(=C/c3ccccc3)c3ccccc3)cc2)cc1. The summed E-state index contributed by atoms with van der Waals surface area (Å²) in [5, 5.41) is 2.87. The molecule has 0 radical (unpaired) electrons. The molecule has 4 aromatic rings. The minimum absolute atomic E-state index is 0.0810. The number of carbonyl (C=O) groups excluding carboxylic acids is 1. The van der Waals surface area contributed by atoms with Crippen LogP contribution in [0.3, 0.4) is 0 Å². The predicted molar refractivity (Wildman–Crippen MR) is 144 cm³/mol. The van der Waals surface area contributed by atoms with Crippen molar-refractivity contribution in [3.05, 3.63) is 120 Å². The van der Waals surface area contributed by atoms with Gasteiger partial charge in [-0.2, -0.15) is 0 Å². The summed E-state index contributed by atoms with van der Waals surface area (Å²) in [6.45, 7) is 2.41. The predicted octanol–water partition coefficient (Wildman–Crippen LogP) is 6.07. The molecule has 4 rings (SSSR count). The first-order valence-electron chi connectivity index (χ1n) is 11.4. The maximum Gasteiger partial charge on any atom is 0.261 e. The topological polar surface area (TPSA) is 84.5 Å². The van der Waals surface area contributed by atoms with E-state index >= 15 is 0 Å². The van der Waals surface area contributed by atoms with Crippen LogP contribution in [0.25, 0.3) is 11.6 Å². The van der Waals surface area contributed by atoms with Crippen molar-refractivity contribution in [2.75, 3.05) is 16.6 Å². The van der Waals surface area contributed by atoms with E-state index in [2.05, 4.69) is 10.0 Å². The molecule has 0 aromatic heterocycles. The average molecular weight is 499 g/mol. The van der Waals surface area contributed by atoms with E-state index in [1.165, 1.54) is 12.1 Å². The van der Waals surface area contributed by atoms with Gasteiger partial charge in [-0.05, 0) is 72.7 Å². The van der Waals surface area contributed by atoms with Crippen molar-refractivity contribution in [1.82, 2.24) is 0 Å². The second kappa shape index (κ2) is 11.4. The molecule has 182 valence electrons. The quantitative estimate of drug-likeness (QED) is 0.217. The molecule has 7 heteroatoms. The van der Waals surface area contributed by atoms with E-state index in [4.69, 9.17) is 4.74 Å². The first kappa shape index (κ1) is 24.8. The smallest absolute Gasteiger partial charge is 0.261 e. The van der Waals surface area contributed by atoms with E-state index in [0.717, 1.165) is 11.1 Å². The molecule has 0 aliphatic heterocycles. The standard InChI is InChI=1S/C29H26N2O4S/c1-2-35-26-17-13-25(14-18-26)31-36(33,34)27-19-15-24(16-20-27)30-29(32)28(23-11-7-4-8-12-23)21-22-9-5-3-6-10-22/h3-21,31H,2H2,1H3,(H,30,32)/b28-21+. The zero-order valence-electron chi connectivity index (χ0n) is 19.7. The number of carbonyl (C=O) groups is 1. The maximum atomic E-state index is 13.2. The number of anilines is 2. The molecule has 0 saturated carbocycles. The molecule has 0 atom stereocenters. The Kier molecular flexibility index (Phi) is 7.82. The number of hydrogen-bond donors (Lipinski definition) is 2. The van der Waals surface area contributed by atoms with Crippen LogP contribution in [-0.2, 0) is 14.8 Å². The van der Waals surface area contributed by atoms with Gasteiger partial charge in [0.05, 0.1) is 11.5 Å². The summed E-state index contributed by atoms with van der Waals surface area (Å²) in [7, 11) is -3.80. The van der Waals surface area contributed by atoms with Gasteiger partial charge in [0.15, 0.2) is 0 Å². The Balaban J connectivity index is 1.50. The van der Waals surface area contributed by atoms with Crippen LogP contribution in [0.15, 0.2) is 114 Å². The van der Waals surface area contributed by atoms with Crippen molar-refractivity contribution >= 4 is 39.0 Å². The fraction of sp³-hybridized carbons (Fsp3) is 0.0690. The van der Waals surface area contributed by atoms with E-state index in [1.54, 1.807) is 36.4 Å². The summed E-state index contributed by atoms with van der Waals surface area (Å²) in [6.07, 6.45) is 1.82. The summed E-state index contributed by atoms with van der Waals surface area (Å²) in [6, 6.07) is 31.7. The second-order valence-electron chi connectivity index (χ2n) is 7.88. The molecule has 4 aromatic carbocycles. The van der Waals surface area contributed by atoms with Crippen LogP contribution in [0.1, 0.15) is 18.1 Å². The fourth-order valence-corrected chi connectivity index (χ4v) is 4.59. The number of sulfonamides is 1. The Morgan fingerprint density at radius 3 is 1.97 bits per heavy atom. The van der Waals surface area contributed by atoms with Crippen LogP contribution < -0.4 is 14.8 Å². The zero-order chi connectivity index (χ0) is 25.4. The van der Waals surface area contributed by atoms with E-state index < -0.39 is 10.0 Å². The summed E-state index contributed by atoms with van der Waals surface area (Å²) < 4.78 is 33.5. The number of hydrogen-bond acceptors (Lipinski definition) is 4. The number of nitrogens with one attached hydrogen (secondary N) is 2. The van der Waals surface area contributed by atoms with Gasteiger partial charge >= 0.3 is 0 Å². The zero-order valence-corrected chi connectivity index (χ0v) is 20.5. The Labute approximate surface area is 211 Å². The highest BCUT2D eigenvalue weighted by molar-refractivity contribution is 7.92. The van der Waals surface area contributed by atoms with Gasteiger partial charge in [-0.1, -0.05) is 60.7 Å². The molecular formula is C29H26N2O4S. The number of rotatable bonds is 9. The normalized spacial score (nSPS) is 11.5. The fourth-order valence-electron chi connectivity index (χ4n) is 3.53. The lowest BCUT2D eigenvalue weighted by Crippen LogP contribution is -2.15. The van der Waals surface area contributed by atoms with Gasteiger partial charge in [0, 0.05) is 16.9 Å². The van der Waals surface area contributed by atoms with Gasteiger partial charge in [0.25, 0.3) is 15.9 Å². The van der Waals surface area contributed by atoms with Gasteiger partial charge in [-0.3, -0.25) is 9.52 Å². The minimum Gasteiger partial charge on any atom is -0.494 e. The lowest BCUT2D eigenvalue weighted by Gasteiger charge is -2.12. The Bertz CT molecular complexity index is 1430. The Morgan fingerprint density at radius 2 is 1.36 bits per heavy atom. The van der Waals surface area contributed by atoms with E-state index in [-0.39, 0.29) is 10.8 Å². The van der Waals surface area contributed by atoms with Gasteiger partial charge in [-0.25, -0.2) is 8.42 Å². The van der Waals surface area contributed by atoms with Crippen molar-refractivity contribution in [2.45, 2.75) is 11.8 Å². The molecule has 6 nitrogen and oxygen atoms in total. The van der Waals surface area contributed by atoms with Crippen LogP contribution in [0, 0.1) is 0 Å². The lowest BCUT2D eigenvalue weighted by molar-refractivity contribution is -0.111. The van der Waals surface area contributed by atoms with Crippen molar-refractivity contribution in [3.63, 3.8) is 0 Å². The van der Waals surface area contributed by atoms with Crippen molar-refractivity contribution < 1.29 is 17.9 Å². The van der Waals surface area contributed by atoms with Gasteiger partial charge in [0.2, 0.25) is 0 Å². The molecular weight excluding hydrogens is 472 g/mol. The third-order valence-corrected chi connectivity index (χ3v) is 6.68. The number of amides is 1. The maximum absolute atomic E-state index is 13.2. The van der Waals surface area contributed by atoms with Crippen LogP contribution >= 0.6 is 0 Å². The Morgan fingerprint density at radius 1 is 0.778 bits per heavy atom. The summed E-state index contributed by atoms with van der Waals surface area (Å²) >= 11 is 0. The van der Waals surface area contributed by atoms with Gasteiger partial charge in [0.1, 0.15) is 5.75 Å². The molecule has 0 unspecified atom stereocenters. The molecule has 0 heterocycles. The molecule has 36 heavy (non-hydrogen) atoms. The summed E-state index contributed by atoms with van der Waals surface area (Å²) in [5.41, 5.74) is 3.07. The molecule has 0 aliphatic rings. The first-order valence-corrected chi connectivity index (χ1v) is 12.9. The summed E-state index contributed by atoms with van der Waals surface area (Å²) in [5.74, 6) is 0.366. The average Bonchev–Trinajstić information content (AvgIpc) is 2.90. The van der Waals surface area contributed by atoms with Crippen molar-refractivity contribution in [3.8, 4) is 5.75 Å². The first-order chi connectivity index (χ1) is 17.4. The highest BCUT2D eigenvalue weighted by Gasteiger charge is 2.16.